The number of rotatable bonds is 4. The van der Waals surface area contributed by atoms with Crippen LogP contribution in [-0.2, 0) is 4.79 Å². The molecule has 1 aliphatic heterocycles. The minimum absolute atomic E-state index is 0.0158. The maximum Gasteiger partial charge on any atom is 0.317 e. The zero-order valence-electron chi connectivity index (χ0n) is 15.3. The summed E-state index contributed by atoms with van der Waals surface area (Å²) in [7, 11) is 0. The van der Waals surface area contributed by atoms with E-state index in [1.165, 1.54) is 24.8 Å². The van der Waals surface area contributed by atoms with Gasteiger partial charge < -0.3 is 15.1 Å². The second-order valence-electron chi connectivity index (χ2n) is 7.27. The second kappa shape index (κ2) is 7.89. The van der Waals surface area contributed by atoms with Crippen molar-refractivity contribution in [1.29, 1.82) is 0 Å². The van der Waals surface area contributed by atoms with E-state index in [2.05, 4.69) is 5.32 Å². The van der Waals surface area contributed by atoms with Gasteiger partial charge in [0.25, 0.3) is 0 Å². The fraction of sp³-hybridized carbons (Fsp3) is 0.600. The van der Waals surface area contributed by atoms with Gasteiger partial charge in [-0.2, -0.15) is 0 Å². The molecule has 1 atom stereocenters. The number of carbonyl (C=O) groups excluding carboxylic acids is 2. The SMILES string of the molecule is CCN(C(=O)N[C@@H]1CC(=O)N(c2ccc(C)cc2)C1)C1CCCCC1. The Morgan fingerprint density at radius 1 is 1.20 bits per heavy atom. The van der Waals surface area contributed by atoms with Crippen molar-refractivity contribution in [1.82, 2.24) is 10.2 Å². The van der Waals surface area contributed by atoms with Gasteiger partial charge in [-0.1, -0.05) is 37.0 Å². The van der Waals surface area contributed by atoms with Crippen LogP contribution in [-0.4, -0.2) is 42.0 Å². The van der Waals surface area contributed by atoms with E-state index in [4.69, 9.17) is 0 Å². The minimum Gasteiger partial charge on any atom is -0.333 e. The van der Waals surface area contributed by atoms with Gasteiger partial charge >= 0.3 is 6.03 Å². The van der Waals surface area contributed by atoms with Gasteiger partial charge in [-0.05, 0) is 38.8 Å². The van der Waals surface area contributed by atoms with E-state index in [1.807, 2.05) is 43.0 Å². The molecule has 1 aromatic carbocycles. The van der Waals surface area contributed by atoms with Crippen LogP contribution in [0.3, 0.4) is 0 Å². The number of hydrogen-bond donors (Lipinski definition) is 1. The molecule has 5 nitrogen and oxygen atoms in total. The molecule has 0 bridgehead atoms. The number of urea groups is 1. The molecule has 3 amide bonds. The number of amides is 3. The quantitative estimate of drug-likeness (QED) is 0.910. The van der Waals surface area contributed by atoms with Crippen molar-refractivity contribution in [2.45, 2.75) is 64.5 Å². The number of carbonyl (C=O) groups is 2. The van der Waals surface area contributed by atoms with E-state index >= 15 is 0 Å². The van der Waals surface area contributed by atoms with Crippen molar-refractivity contribution in [2.24, 2.45) is 0 Å². The van der Waals surface area contributed by atoms with Gasteiger partial charge in [-0.25, -0.2) is 4.79 Å². The summed E-state index contributed by atoms with van der Waals surface area (Å²) in [6, 6.07) is 8.18. The van der Waals surface area contributed by atoms with Gasteiger partial charge in [0, 0.05) is 31.2 Å². The number of hydrogen-bond acceptors (Lipinski definition) is 2. The highest BCUT2D eigenvalue weighted by atomic mass is 16.2. The molecule has 0 unspecified atom stereocenters. The molecule has 3 rings (SSSR count). The zero-order valence-corrected chi connectivity index (χ0v) is 15.3. The van der Waals surface area contributed by atoms with Crippen LogP contribution in [0, 0.1) is 6.92 Å². The van der Waals surface area contributed by atoms with Gasteiger partial charge in [-0.15, -0.1) is 0 Å². The predicted molar refractivity (Wildman–Crippen MR) is 99.7 cm³/mol. The second-order valence-corrected chi connectivity index (χ2v) is 7.27. The van der Waals surface area contributed by atoms with Crippen molar-refractivity contribution < 1.29 is 9.59 Å². The van der Waals surface area contributed by atoms with Gasteiger partial charge in [0.15, 0.2) is 0 Å². The lowest BCUT2D eigenvalue weighted by Crippen LogP contribution is -2.50. The van der Waals surface area contributed by atoms with Gasteiger partial charge in [0.05, 0.1) is 6.04 Å². The number of aryl methyl sites for hydroxylation is 1. The maximum atomic E-state index is 12.7. The largest absolute Gasteiger partial charge is 0.333 e. The fourth-order valence-corrected chi connectivity index (χ4v) is 4.00. The molecule has 2 aliphatic rings. The monoisotopic (exact) mass is 343 g/mol. The molecule has 1 heterocycles. The van der Waals surface area contributed by atoms with E-state index in [9.17, 15) is 9.59 Å². The summed E-state index contributed by atoms with van der Waals surface area (Å²) in [5.74, 6) is 0.0786. The highest BCUT2D eigenvalue weighted by Crippen LogP contribution is 2.24. The van der Waals surface area contributed by atoms with Crippen LogP contribution in [0.5, 0.6) is 0 Å². The highest BCUT2D eigenvalue weighted by molar-refractivity contribution is 5.96. The third-order valence-corrected chi connectivity index (χ3v) is 5.42. The third-order valence-electron chi connectivity index (χ3n) is 5.42. The normalized spacial score (nSPS) is 21.4. The molecular weight excluding hydrogens is 314 g/mol. The minimum atomic E-state index is -0.112. The molecule has 0 spiro atoms. The Morgan fingerprint density at radius 3 is 2.52 bits per heavy atom. The van der Waals surface area contributed by atoms with Crippen molar-refractivity contribution in [3.05, 3.63) is 29.8 Å². The van der Waals surface area contributed by atoms with Crippen LogP contribution in [0.2, 0.25) is 0 Å². The van der Waals surface area contributed by atoms with E-state index < -0.39 is 0 Å². The summed E-state index contributed by atoms with van der Waals surface area (Å²) in [6.07, 6.45) is 6.26. The van der Waals surface area contributed by atoms with Crippen molar-refractivity contribution in [3.8, 4) is 0 Å². The maximum absolute atomic E-state index is 12.7. The van der Waals surface area contributed by atoms with Crippen LogP contribution in [0.1, 0.15) is 51.0 Å². The first-order valence-electron chi connectivity index (χ1n) is 9.52. The van der Waals surface area contributed by atoms with E-state index in [0.717, 1.165) is 25.1 Å². The Balaban J connectivity index is 1.60. The Kier molecular flexibility index (Phi) is 5.61. The average molecular weight is 343 g/mol. The van der Waals surface area contributed by atoms with Crippen LogP contribution in [0.4, 0.5) is 10.5 Å². The van der Waals surface area contributed by atoms with Gasteiger partial charge in [0.1, 0.15) is 0 Å². The standard InChI is InChI=1S/C20H29N3O2/c1-3-22(17-7-5-4-6-8-17)20(25)21-16-13-19(24)23(14-16)18-11-9-15(2)10-12-18/h9-12,16-17H,3-8,13-14H2,1-2H3,(H,21,25)/t16-/m1/s1. The first kappa shape index (κ1) is 17.8. The molecule has 25 heavy (non-hydrogen) atoms. The first-order chi connectivity index (χ1) is 12.1. The molecule has 0 aromatic heterocycles. The third kappa shape index (κ3) is 4.14. The molecule has 1 aliphatic carbocycles. The predicted octanol–water partition coefficient (Wildman–Crippen LogP) is 3.46. The first-order valence-corrected chi connectivity index (χ1v) is 9.52. The molecule has 136 valence electrons. The van der Waals surface area contributed by atoms with Crippen LogP contribution < -0.4 is 10.2 Å². The molecule has 1 saturated carbocycles. The zero-order chi connectivity index (χ0) is 17.8. The molecular formula is C20H29N3O2. The van der Waals surface area contributed by atoms with Crippen molar-refractivity contribution in [3.63, 3.8) is 0 Å². The van der Waals surface area contributed by atoms with Gasteiger partial charge in [0.2, 0.25) is 5.91 Å². The Bertz CT molecular complexity index is 608. The fourth-order valence-electron chi connectivity index (χ4n) is 4.00. The molecule has 1 N–H and O–H groups in total. The Labute approximate surface area is 150 Å². The highest BCUT2D eigenvalue weighted by Gasteiger charge is 2.33. The number of nitrogens with zero attached hydrogens (tertiary/aromatic N) is 2. The van der Waals surface area contributed by atoms with E-state index in [1.54, 1.807) is 4.90 Å². The van der Waals surface area contributed by atoms with Crippen molar-refractivity contribution in [2.75, 3.05) is 18.0 Å². The summed E-state index contributed by atoms with van der Waals surface area (Å²) >= 11 is 0. The summed E-state index contributed by atoms with van der Waals surface area (Å²) in [5, 5.41) is 3.09. The van der Waals surface area contributed by atoms with Gasteiger partial charge in [-0.3, -0.25) is 4.79 Å². The van der Waals surface area contributed by atoms with Crippen molar-refractivity contribution >= 4 is 17.6 Å². The average Bonchev–Trinajstić information content (AvgIpc) is 2.97. The lowest BCUT2D eigenvalue weighted by atomic mass is 9.94. The molecule has 1 saturated heterocycles. The van der Waals surface area contributed by atoms with Crippen LogP contribution >= 0.6 is 0 Å². The number of anilines is 1. The topological polar surface area (TPSA) is 52.7 Å². The summed E-state index contributed by atoms with van der Waals surface area (Å²) in [5.41, 5.74) is 2.08. The smallest absolute Gasteiger partial charge is 0.317 e. The summed E-state index contributed by atoms with van der Waals surface area (Å²) < 4.78 is 0. The summed E-state index contributed by atoms with van der Waals surface area (Å²) in [6.45, 7) is 5.34. The molecule has 1 aromatic rings. The molecule has 0 radical (unpaired) electrons. The number of nitrogens with one attached hydrogen (secondary N) is 1. The van der Waals surface area contributed by atoms with Crippen LogP contribution in [0.15, 0.2) is 24.3 Å². The number of benzene rings is 1. The van der Waals surface area contributed by atoms with E-state index in [-0.39, 0.29) is 18.0 Å². The molecule has 5 heteroatoms. The molecule has 2 fully saturated rings. The van der Waals surface area contributed by atoms with E-state index in [0.29, 0.717) is 19.0 Å². The lowest BCUT2D eigenvalue weighted by molar-refractivity contribution is -0.117. The van der Waals surface area contributed by atoms with Crippen LogP contribution in [0.25, 0.3) is 0 Å². The summed E-state index contributed by atoms with van der Waals surface area (Å²) in [4.78, 5) is 28.8. The Hall–Kier alpha value is -2.04. The lowest BCUT2D eigenvalue weighted by Gasteiger charge is -2.34. The Morgan fingerprint density at radius 2 is 1.88 bits per heavy atom.